The quantitative estimate of drug-likeness (QED) is 0.719. The molecule has 28 heavy (non-hydrogen) atoms. The summed E-state index contributed by atoms with van der Waals surface area (Å²) in [5.74, 6) is 1.47. The third-order valence-electron chi connectivity index (χ3n) is 4.84. The van der Waals surface area contributed by atoms with Crippen molar-refractivity contribution in [2.75, 3.05) is 32.8 Å². The zero-order chi connectivity index (χ0) is 19.7. The Balaban J connectivity index is 1.84. The number of hydrogen-bond donors (Lipinski definition) is 1. The van der Waals surface area contributed by atoms with E-state index in [9.17, 15) is 4.79 Å². The molecule has 146 valence electrons. The topological polar surface area (TPSA) is 100 Å². The monoisotopic (exact) mass is 383 g/mol. The molecule has 0 radical (unpaired) electrons. The largest absolute Gasteiger partial charge is 0.497 e. The van der Waals surface area contributed by atoms with Crippen LogP contribution in [0.15, 0.2) is 30.6 Å². The molecule has 1 unspecified atom stereocenters. The van der Waals surface area contributed by atoms with E-state index in [0.29, 0.717) is 37.0 Å². The number of amides is 1. The first-order chi connectivity index (χ1) is 13.5. The molecule has 4 heterocycles. The lowest BCUT2D eigenvalue weighted by atomic mass is 9.97. The molecule has 1 saturated heterocycles. The van der Waals surface area contributed by atoms with Crippen LogP contribution in [0.3, 0.4) is 0 Å². The summed E-state index contributed by atoms with van der Waals surface area (Å²) in [6.07, 6.45) is 4.07. The number of methoxy groups -OCH3 is 2. The Bertz CT molecular complexity index is 1030. The maximum Gasteiger partial charge on any atom is 0.222 e. The first kappa shape index (κ1) is 18.3. The fourth-order valence-corrected chi connectivity index (χ4v) is 3.32. The predicted octanol–water partition coefficient (Wildman–Crippen LogP) is 2.04. The minimum Gasteiger partial charge on any atom is -0.497 e. The number of pyridine rings is 2. The number of ether oxygens (including phenoxy) is 3. The maximum absolute atomic E-state index is 11.4. The highest BCUT2D eigenvalue weighted by molar-refractivity contribution is 5.90. The van der Waals surface area contributed by atoms with Gasteiger partial charge in [-0.15, -0.1) is 0 Å². The Morgan fingerprint density at radius 2 is 2.14 bits per heavy atom. The number of fused-ring (bicyclic) bond motifs is 1. The molecule has 1 fully saturated rings. The Hall–Kier alpha value is -3.04. The number of carbonyl (C=O) groups excluding carboxylic acids is 1. The highest BCUT2D eigenvalue weighted by Crippen LogP contribution is 2.35. The van der Waals surface area contributed by atoms with Crippen LogP contribution >= 0.6 is 0 Å². The van der Waals surface area contributed by atoms with E-state index in [-0.39, 0.29) is 5.91 Å². The lowest BCUT2D eigenvalue weighted by Crippen LogP contribution is -2.30. The summed E-state index contributed by atoms with van der Waals surface area (Å²) in [5, 5.41) is 7.96. The summed E-state index contributed by atoms with van der Waals surface area (Å²) in [5.41, 5.74) is 0.871. The highest BCUT2D eigenvalue weighted by atomic mass is 16.5. The van der Waals surface area contributed by atoms with Crippen molar-refractivity contribution in [3.8, 4) is 11.6 Å². The number of nitrogens with zero attached hydrogens (tertiary/aromatic N) is 4. The summed E-state index contributed by atoms with van der Waals surface area (Å²) >= 11 is 0. The van der Waals surface area contributed by atoms with Crippen LogP contribution in [0.1, 0.15) is 19.0 Å². The van der Waals surface area contributed by atoms with Crippen molar-refractivity contribution in [1.82, 2.24) is 19.7 Å². The molecule has 1 N–H and O–H groups in total. The van der Waals surface area contributed by atoms with Crippen molar-refractivity contribution in [2.45, 2.75) is 18.9 Å². The van der Waals surface area contributed by atoms with E-state index in [4.69, 9.17) is 19.2 Å². The van der Waals surface area contributed by atoms with Gasteiger partial charge in [-0.3, -0.25) is 4.79 Å². The summed E-state index contributed by atoms with van der Waals surface area (Å²) < 4.78 is 18.5. The molecule has 9 nitrogen and oxygen atoms in total. The third kappa shape index (κ3) is 3.19. The molecule has 1 atom stereocenters. The Morgan fingerprint density at radius 1 is 1.29 bits per heavy atom. The van der Waals surface area contributed by atoms with Gasteiger partial charge in [0.05, 0.1) is 31.1 Å². The van der Waals surface area contributed by atoms with Crippen LogP contribution in [-0.4, -0.2) is 53.1 Å². The number of rotatable bonds is 5. The molecule has 0 saturated carbocycles. The van der Waals surface area contributed by atoms with E-state index >= 15 is 0 Å². The van der Waals surface area contributed by atoms with Gasteiger partial charge in [0.15, 0.2) is 5.82 Å². The normalized spacial score (nSPS) is 19.1. The highest BCUT2D eigenvalue weighted by Gasteiger charge is 2.39. The first-order valence-electron chi connectivity index (χ1n) is 8.86. The van der Waals surface area contributed by atoms with Gasteiger partial charge in [-0.25, -0.2) is 14.6 Å². The molecule has 9 heteroatoms. The Morgan fingerprint density at radius 3 is 2.82 bits per heavy atom. The molecule has 1 aliphatic rings. The molecule has 0 aliphatic carbocycles. The fourth-order valence-electron chi connectivity index (χ4n) is 3.32. The zero-order valence-corrected chi connectivity index (χ0v) is 15.9. The van der Waals surface area contributed by atoms with Crippen molar-refractivity contribution >= 4 is 22.6 Å². The second-order valence-electron chi connectivity index (χ2n) is 6.62. The number of carbonyl (C=O) groups is 1. The molecule has 3 aromatic heterocycles. The van der Waals surface area contributed by atoms with Gasteiger partial charge >= 0.3 is 0 Å². The van der Waals surface area contributed by atoms with Crippen LogP contribution in [0.2, 0.25) is 0 Å². The van der Waals surface area contributed by atoms with Crippen LogP contribution in [0.25, 0.3) is 16.7 Å². The minimum atomic E-state index is -0.616. The van der Waals surface area contributed by atoms with Crippen LogP contribution in [0, 0.1) is 0 Å². The van der Waals surface area contributed by atoms with Gasteiger partial charge in [-0.1, -0.05) is 0 Å². The molecule has 4 rings (SSSR count). The maximum atomic E-state index is 11.4. The van der Waals surface area contributed by atoms with Gasteiger partial charge < -0.3 is 19.5 Å². The number of nitrogens with one attached hydrogen (secondary N) is 1. The van der Waals surface area contributed by atoms with Gasteiger partial charge in [-0.05, 0) is 0 Å². The van der Waals surface area contributed by atoms with E-state index in [1.54, 1.807) is 43.4 Å². The van der Waals surface area contributed by atoms with Crippen LogP contribution < -0.4 is 10.1 Å². The number of anilines is 1. The second-order valence-corrected chi connectivity index (χ2v) is 6.62. The molecule has 0 aromatic carbocycles. The molecule has 0 spiro atoms. The molecular formula is C19H21N5O4. The zero-order valence-electron chi connectivity index (χ0n) is 15.9. The fraction of sp³-hybridized carbons (Fsp3) is 0.368. The number of aromatic nitrogens is 4. The summed E-state index contributed by atoms with van der Waals surface area (Å²) in [6, 6.07) is 5.42. The molecule has 1 amide bonds. The Labute approximate surface area is 161 Å². The summed E-state index contributed by atoms with van der Waals surface area (Å²) in [4.78, 5) is 20.4. The SMILES string of the molecule is COc1cc(-n2ncc3cnc(NC(C)=O)cc32)nc(C2(OC)CCOC2)c1. The summed E-state index contributed by atoms with van der Waals surface area (Å²) in [7, 11) is 3.26. The van der Waals surface area contributed by atoms with Crippen LogP contribution in [0.4, 0.5) is 5.82 Å². The van der Waals surface area contributed by atoms with Crippen molar-refractivity contribution in [2.24, 2.45) is 0 Å². The smallest absolute Gasteiger partial charge is 0.222 e. The lowest BCUT2D eigenvalue weighted by molar-refractivity contribution is -0.114. The molecular weight excluding hydrogens is 362 g/mol. The minimum absolute atomic E-state index is 0.192. The van der Waals surface area contributed by atoms with Gasteiger partial charge in [0.2, 0.25) is 5.91 Å². The molecule has 0 bridgehead atoms. The van der Waals surface area contributed by atoms with Gasteiger partial charge in [0.25, 0.3) is 0 Å². The van der Waals surface area contributed by atoms with Gasteiger partial charge in [-0.2, -0.15) is 5.10 Å². The third-order valence-corrected chi connectivity index (χ3v) is 4.84. The van der Waals surface area contributed by atoms with Crippen LogP contribution in [0.5, 0.6) is 5.75 Å². The van der Waals surface area contributed by atoms with E-state index < -0.39 is 5.60 Å². The molecule has 1 aliphatic heterocycles. The van der Waals surface area contributed by atoms with E-state index in [0.717, 1.165) is 16.6 Å². The average molecular weight is 383 g/mol. The first-order valence-corrected chi connectivity index (χ1v) is 8.86. The molecule has 3 aromatic rings. The van der Waals surface area contributed by atoms with Crippen molar-refractivity contribution < 1.29 is 19.0 Å². The van der Waals surface area contributed by atoms with Gasteiger partial charge in [0.1, 0.15) is 17.2 Å². The van der Waals surface area contributed by atoms with Crippen molar-refractivity contribution in [3.05, 3.63) is 36.3 Å². The lowest BCUT2D eigenvalue weighted by Gasteiger charge is -2.26. The Kier molecular flexibility index (Phi) is 4.70. The van der Waals surface area contributed by atoms with Crippen molar-refractivity contribution in [1.29, 1.82) is 0 Å². The average Bonchev–Trinajstić information content (AvgIpc) is 3.34. The van der Waals surface area contributed by atoms with E-state index in [1.165, 1.54) is 6.92 Å². The van der Waals surface area contributed by atoms with Crippen molar-refractivity contribution in [3.63, 3.8) is 0 Å². The second kappa shape index (κ2) is 7.17. The van der Waals surface area contributed by atoms with Crippen LogP contribution in [-0.2, 0) is 19.9 Å². The standard InChI is InChI=1S/C19H21N5O4/c1-12(25)22-17-8-15-13(9-20-17)10-21-24(15)18-7-14(26-2)6-16(23-18)19(27-3)4-5-28-11-19/h6-10H,4-5,11H2,1-3H3,(H,20,22,25). The van der Waals surface area contributed by atoms with E-state index in [1.807, 2.05) is 6.07 Å². The number of hydrogen-bond acceptors (Lipinski definition) is 7. The predicted molar refractivity (Wildman–Crippen MR) is 102 cm³/mol. The van der Waals surface area contributed by atoms with E-state index in [2.05, 4.69) is 15.4 Å². The summed E-state index contributed by atoms with van der Waals surface area (Å²) in [6.45, 7) is 2.48. The van der Waals surface area contributed by atoms with Gasteiger partial charge in [0, 0.05) is 56.8 Å².